The van der Waals surface area contributed by atoms with Crippen molar-refractivity contribution >= 4 is 17.6 Å². The molecule has 1 aromatic heterocycles. The Labute approximate surface area is 122 Å². The van der Waals surface area contributed by atoms with Crippen molar-refractivity contribution in [3.05, 3.63) is 48.3 Å². The summed E-state index contributed by atoms with van der Waals surface area (Å²) in [5.74, 6) is -1.12. The van der Waals surface area contributed by atoms with Gasteiger partial charge in [0.2, 0.25) is 5.91 Å². The third-order valence-corrected chi connectivity index (χ3v) is 3.11. The van der Waals surface area contributed by atoms with Crippen LogP contribution in [0.2, 0.25) is 0 Å². The Kier molecular flexibility index (Phi) is 4.71. The zero-order valence-electron chi connectivity index (χ0n) is 11.8. The van der Waals surface area contributed by atoms with Crippen molar-refractivity contribution < 1.29 is 14.7 Å². The predicted molar refractivity (Wildman–Crippen MR) is 78.0 cm³/mol. The first-order valence-electron chi connectivity index (χ1n) is 6.63. The third-order valence-electron chi connectivity index (χ3n) is 3.11. The van der Waals surface area contributed by atoms with Crippen molar-refractivity contribution in [2.45, 2.75) is 19.9 Å². The minimum atomic E-state index is -0.930. The van der Waals surface area contributed by atoms with Gasteiger partial charge in [0.25, 0.3) is 0 Å². The maximum absolute atomic E-state index is 12.4. The molecule has 0 saturated heterocycles. The molecule has 0 aliphatic carbocycles. The zero-order valence-corrected chi connectivity index (χ0v) is 11.8. The highest BCUT2D eigenvalue weighted by atomic mass is 16.4. The zero-order chi connectivity index (χ0) is 15.2. The minimum Gasteiger partial charge on any atom is -0.481 e. The molecule has 21 heavy (non-hydrogen) atoms. The number of benzene rings is 1. The molecule has 2 aromatic rings. The van der Waals surface area contributed by atoms with Gasteiger partial charge in [0, 0.05) is 24.6 Å². The van der Waals surface area contributed by atoms with Crippen molar-refractivity contribution in [3.63, 3.8) is 0 Å². The fourth-order valence-electron chi connectivity index (χ4n) is 2.07. The van der Waals surface area contributed by atoms with Gasteiger partial charge in [-0.3, -0.25) is 14.3 Å². The van der Waals surface area contributed by atoms with Crippen LogP contribution < -0.4 is 4.90 Å². The van der Waals surface area contributed by atoms with Gasteiger partial charge < -0.3 is 10.0 Å². The molecular formula is C15H17N3O3. The second kappa shape index (κ2) is 6.69. The molecule has 0 saturated carbocycles. The number of carbonyl (C=O) groups is 2. The molecule has 0 fully saturated rings. The Morgan fingerprint density at radius 2 is 2.05 bits per heavy atom. The van der Waals surface area contributed by atoms with Gasteiger partial charge in [-0.05, 0) is 24.6 Å². The number of carboxylic acid groups (broad SMARTS) is 1. The molecule has 0 aliphatic heterocycles. The number of amides is 1. The number of aryl methyl sites for hydroxylation is 1. The lowest BCUT2D eigenvalue weighted by Crippen LogP contribution is -2.36. The van der Waals surface area contributed by atoms with Gasteiger partial charge in [-0.15, -0.1) is 0 Å². The molecule has 1 N–H and O–H groups in total. The summed E-state index contributed by atoms with van der Waals surface area (Å²) in [5, 5.41) is 12.9. The number of anilines is 1. The highest BCUT2D eigenvalue weighted by Gasteiger charge is 2.18. The molecule has 1 aromatic carbocycles. The Bertz CT molecular complexity index is 623. The van der Waals surface area contributed by atoms with Crippen molar-refractivity contribution in [3.8, 4) is 0 Å². The molecule has 0 spiro atoms. The lowest BCUT2D eigenvalue weighted by atomic mass is 10.1. The molecule has 0 aliphatic rings. The number of rotatable bonds is 6. The van der Waals surface area contributed by atoms with Gasteiger partial charge >= 0.3 is 5.97 Å². The molecule has 0 radical (unpaired) electrons. The van der Waals surface area contributed by atoms with Crippen LogP contribution in [0.5, 0.6) is 0 Å². The normalized spacial score (nSPS) is 10.3. The predicted octanol–water partition coefficient (Wildman–Crippen LogP) is 1.70. The van der Waals surface area contributed by atoms with E-state index in [2.05, 4.69) is 5.10 Å². The maximum Gasteiger partial charge on any atom is 0.305 e. The summed E-state index contributed by atoms with van der Waals surface area (Å²) in [6.07, 6.45) is 3.20. The first kappa shape index (κ1) is 14.8. The molecule has 110 valence electrons. The number of para-hydroxylation sites is 1. The highest BCUT2D eigenvalue weighted by molar-refractivity contribution is 5.94. The van der Waals surface area contributed by atoms with Crippen LogP contribution in [0.3, 0.4) is 0 Å². The van der Waals surface area contributed by atoms with E-state index in [0.29, 0.717) is 0 Å². The van der Waals surface area contributed by atoms with Crippen LogP contribution in [-0.4, -0.2) is 33.3 Å². The monoisotopic (exact) mass is 287 g/mol. The highest BCUT2D eigenvalue weighted by Crippen LogP contribution is 2.20. The Hall–Kier alpha value is -2.63. The smallest absolute Gasteiger partial charge is 0.305 e. The van der Waals surface area contributed by atoms with E-state index in [1.165, 1.54) is 9.58 Å². The van der Waals surface area contributed by atoms with Gasteiger partial charge in [-0.25, -0.2) is 0 Å². The van der Waals surface area contributed by atoms with Gasteiger partial charge in [0.1, 0.15) is 6.54 Å². The first-order valence-corrected chi connectivity index (χ1v) is 6.63. The average Bonchev–Trinajstić information content (AvgIpc) is 2.93. The maximum atomic E-state index is 12.4. The number of aliphatic carboxylic acids is 1. The number of carbonyl (C=O) groups excluding carboxylic acids is 1. The minimum absolute atomic E-state index is 0.0843. The summed E-state index contributed by atoms with van der Waals surface area (Å²) >= 11 is 0. The van der Waals surface area contributed by atoms with Crippen LogP contribution in [0.4, 0.5) is 5.69 Å². The van der Waals surface area contributed by atoms with E-state index in [9.17, 15) is 9.59 Å². The topological polar surface area (TPSA) is 75.4 Å². The molecule has 1 heterocycles. The van der Waals surface area contributed by atoms with Crippen LogP contribution in [0.15, 0.2) is 42.7 Å². The van der Waals surface area contributed by atoms with Crippen LogP contribution in [0.25, 0.3) is 0 Å². The molecular weight excluding hydrogens is 270 g/mol. The fraction of sp³-hybridized carbons (Fsp3) is 0.267. The molecule has 1 amide bonds. The summed E-state index contributed by atoms with van der Waals surface area (Å²) in [6.45, 7) is 2.12. The summed E-state index contributed by atoms with van der Waals surface area (Å²) in [5.41, 5.74) is 1.66. The van der Waals surface area contributed by atoms with Crippen LogP contribution in [-0.2, 0) is 16.1 Å². The molecule has 0 atom stereocenters. The quantitative estimate of drug-likeness (QED) is 0.877. The van der Waals surface area contributed by atoms with Gasteiger partial charge in [-0.2, -0.15) is 5.10 Å². The summed E-state index contributed by atoms with van der Waals surface area (Å²) in [7, 11) is 0. The van der Waals surface area contributed by atoms with Gasteiger partial charge in [-0.1, -0.05) is 18.2 Å². The SMILES string of the molecule is Cc1ccccc1N(CCC(=O)O)C(=O)Cn1cccn1. The van der Waals surface area contributed by atoms with Crippen molar-refractivity contribution in [2.75, 3.05) is 11.4 Å². The van der Waals surface area contributed by atoms with E-state index in [1.807, 2.05) is 31.2 Å². The second-order valence-electron chi connectivity index (χ2n) is 4.68. The summed E-state index contributed by atoms with van der Waals surface area (Å²) in [6, 6.07) is 9.16. The molecule has 0 unspecified atom stereocenters. The first-order chi connectivity index (χ1) is 10.1. The second-order valence-corrected chi connectivity index (χ2v) is 4.68. The van der Waals surface area contributed by atoms with Crippen molar-refractivity contribution in [1.29, 1.82) is 0 Å². The Morgan fingerprint density at radius 3 is 2.67 bits per heavy atom. The Balaban J connectivity index is 2.21. The summed E-state index contributed by atoms with van der Waals surface area (Å²) in [4.78, 5) is 24.8. The fourth-order valence-corrected chi connectivity index (χ4v) is 2.07. The third kappa shape index (κ3) is 3.92. The van der Waals surface area contributed by atoms with Crippen LogP contribution in [0, 0.1) is 6.92 Å². The largest absolute Gasteiger partial charge is 0.481 e. The van der Waals surface area contributed by atoms with E-state index in [-0.39, 0.29) is 25.4 Å². The van der Waals surface area contributed by atoms with Gasteiger partial charge in [0.05, 0.1) is 6.42 Å². The number of nitrogens with zero attached hydrogens (tertiary/aromatic N) is 3. The van der Waals surface area contributed by atoms with Crippen LogP contribution >= 0.6 is 0 Å². The standard InChI is InChI=1S/C15H17N3O3/c1-12-5-2-3-6-13(12)18(10-7-15(20)21)14(19)11-17-9-4-8-16-17/h2-6,8-9H,7,10-11H2,1H3,(H,20,21). The molecule has 6 heteroatoms. The van der Waals surface area contributed by atoms with E-state index >= 15 is 0 Å². The van der Waals surface area contributed by atoms with Crippen LogP contribution in [0.1, 0.15) is 12.0 Å². The lowest BCUT2D eigenvalue weighted by molar-refractivity contribution is -0.136. The van der Waals surface area contributed by atoms with E-state index in [0.717, 1.165) is 11.3 Å². The molecule has 0 bridgehead atoms. The number of carboxylic acids is 1. The number of hydrogen-bond donors (Lipinski definition) is 1. The van der Waals surface area contributed by atoms with Crippen molar-refractivity contribution in [2.24, 2.45) is 0 Å². The lowest BCUT2D eigenvalue weighted by Gasteiger charge is -2.24. The van der Waals surface area contributed by atoms with E-state index in [4.69, 9.17) is 5.11 Å². The number of hydrogen-bond acceptors (Lipinski definition) is 3. The van der Waals surface area contributed by atoms with E-state index < -0.39 is 5.97 Å². The van der Waals surface area contributed by atoms with Gasteiger partial charge in [0.15, 0.2) is 0 Å². The van der Waals surface area contributed by atoms with Crippen molar-refractivity contribution in [1.82, 2.24) is 9.78 Å². The van der Waals surface area contributed by atoms with E-state index in [1.54, 1.807) is 18.5 Å². The molecule has 6 nitrogen and oxygen atoms in total. The average molecular weight is 287 g/mol. The molecule has 2 rings (SSSR count). The Morgan fingerprint density at radius 1 is 1.29 bits per heavy atom. The summed E-state index contributed by atoms with van der Waals surface area (Å²) < 4.78 is 1.52. The number of aromatic nitrogens is 2.